The number of nitrogens with one attached hydrogen (secondary N) is 2. The highest BCUT2D eigenvalue weighted by atomic mass is 127. The summed E-state index contributed by atoms with van der Waals surface area (Å²) in [6.07, 6.45) is 3.26. The van der Waals surface area contributed by atoms with Crippen LogP contribution < -0.4 is 10.6 Å². The molecule has 0 bridgehead atoms. The van der Waals surface area contributed by atoms with Gasteiger partial charge in [-0.25, -0.2) is 14.8 Å². The summed E-state index contributed by atoms with van der Waals surface area (Å²) in [4.78, 5) is 20.6. The van der Waals surface area contributed by atoms with Crippen molar-refractivity contribution in [1.82, 2.24) is 25.1 Å². The molecule has 0 aromatic carbocycles. The van der Waals surface area contributed by atoms with Gasteiger partial charge in [-0.05, 0) is 70.2 Å². The Morgan fingerprint density at radius 3 is 2.63 bits per heavy atom. The Morgan fingerprint density at radius 2 is 2.04 bits per heavy atom. The third-order valence-electron chi connectivity index (χ3n) is 3.48. The first kappa shape index (κ1) is 21.4. The maximum Gasteiger partial charge on any atom is 0.407 e. The number of aromatic nitrogens is 4. The molecule has 1 amide bonds. The highest BCUT2D eigenvalue weighted by Crippen LogP contribution is 2.24. The van der Waals surface area contributed by atoms with Gasteiger partial charge >= 0.3 is 6.09 Å². The number of ether oxygens (including phenoxy) is 1. The van der Waals surface area contributed by atoms with Gasteiger partial charge < -0.3 is 15.4 Å². The lowest BCUT2D eigenvalue weighted by Gasteiger charge is -2.22. The molecule has 9 heteroatoms. The molecule has 27 heavy (non-hydrogen) atoms. The molecule has 0 saturated heterocycles. The number of amides is 1. The minimum Gasteiger partial charge on any atom is -0.444 e. The van der Waals surface area contributed by atoms with Crippen molar-refractivity contribution in [2.75, 3.05) is 11.9 Å². The number of nitrogens with zero attached hydrogens (tertiary/aromatic N) is 4. The third-order valence-corrected chi connectivity index (χ3v) is 4.27. The quantitative estimate of drug-likeness (QED) is 0.603. The molecule has 0 spiro atoms. The van der Waals surface area contributed by atoms with Gasteiger partial charge in [-0.2, -0.15) is 5.10 Å². The van der Waals surface area contributed by atoms with Crippen molar-refractivity contribution < 1.29 is 9.53 Å². The van der Waals surface area contributed by atoms with Crippen LogP contribution in [0.15, 0.2) is 18.5 Å². The highest BCUT2D eigenvalue weighted by molar-refractivity contribution is 14.1. The van der Waals surface area contributed by atoms with Crippen LogP contribution in [0.1, 0.15) is 47.6 Å². The number of halogens is 1. The van der Waals surface area contributed by atoms with Crippen molar-refractivity contribution >= 4 is 34.6 Å². The van der Waals surface area contributed by atoms with E-state index in [2.05, 4.69) is 62.1 Å². The van der Waals surface area contributed by atoms with Gasteiger partial charge in [0.25, 0.3) is 0 Å². The summed E-state index contributed by atoms with van der Waals surface area (Å²) in [5.41, 5.74) is 1.25. The first-order valence-electron chi connectivity index (χ1n) is 8.86. The monoisotopic (exact) mass is 486 g/mol. The normalized spacial score (nSPS) is 12.7. The summed E-state index contributed by atoms with van der Waals surface area (Å²) in [5, 5.41) is 10.4. The van der Waals surface area contributed by atoms with Crippen LogP contribution in [0.2, 0.25) is 0 Å². The van der Waals surface area contributed by atoms with E-state index in [1.54, 1.807) is 6.20 Å². The largest absolute Gasteiger partial charge is 0.444 e. The molecule has 0 saturated carbocycles. The molecule has 148 valence electrons. The predicted molar refractivity (Wildman–Crippen MR) is 114 cm³/mol. The van der Waals surface area contributed by atoms with Gasteiger partial charge in [-0.3, -0.25) is 4.68 Å². The van der Waals surface area contributed by atoms with Crippen molar-refractivity contribution in [3.63, 3.8) is 0 Å². The Balaban J connectivity index is 1.99. The number of anilines is 1. The van der Waals surface area contributed by atoms with Crippen molar-refractivity contribution in [3.05, 3.63) is 22.2 Å². The van der Waals surface area contributed by atoms with Crippen LogP contribution in [0.5, 0.6) is 0 Å². The summed E-state index contributed by atoms with van der Waals surface area (Å²) in [5.74, 6) is 0.499. The number of carbonyl (C=O) groups excluding carboxylic acids is 1. The SMILES string of the molecule is CC(C)n1cc(-c2ccnc(NC[C@H](C)NC(=O)OC(C)(C)C)n2)c(I)n1. The molecule has 2 aromatic rings. The van der Waals surface area contributed by atoms with Crippen LogP contribution in [-0.2, 0) is 4.74 Å². The van der Waals surface area contributed by atoms with Gasteiger partial charge in [0.1, 0.15) is 9.30 Å². The number of hydrogen-bond donors (Lipinski definition) is 2. The lowest BCUT2D eigenvalue weighted by atomic mass is 10.2. The van der Waals surface area contributed by atoms with Gasteiger partial charge in [0.2, 0.25) is 5.95 Å². The van der Waals surface area contributed by atoms with Gasteiger partial charge in [-0.15, -0.1) is 0 Å². The Morgan fingerprint density at radius 1 is 1.33 bits per heavy atom. The number of rotatable bonds is 6. The van der Waals surface area contributed by atoms with Crippen LogP contribution in [0.25, 0.3) is 11.3 Å². The zero-order valence-corrected chi connectivity index (χ0v) is 18.7. The maximum atomic E-state index is 11.8. The number of hydrogen-bond acceptors (Lipinski definition) is 6. The summed E-state index contributed by atoms with van der Waals surface area (Å²) >= 11 is 2.21. The van der Waals surface area contributed by atoms with Crippen molar-refractivity contribution in [2.45, 2.75) is 59.2 Å². The van der Waals surface area contributed by atoms with Crippen LogP contribution in [0.3, 0.4) is 0 Å². The molecule has 0 aliphatic rings. The molecule has 0 aliphatic carbocycles. The topological polar surface area (TPSA) is 94.0 Å². The Hall–Kier alpha value is -1.91. The van der Waals surface area contributed by atoms with Gasteiger partial charge in [0.05, 0.1) is 11.3 Å². The maximum absolute atomic E-state index is 11.8. The number of alkyl carbamates (subject to hydrolysis) is 1. The smallest absolute Gasteiger partial charge is 0.407 e. The second kappa shape index (κ2) is 8.85. The molecule has 2 heterocycles. The summed E-state index contributed by atoms with van der Waals surface area (Å²) in [6, 6.07) is 2.00. The van der Waals surface area contributed by atoms with E-state index in [1.807, 2.05) is 44.6 Å². The Labute approximate surface area is 173 Å². The lowest BCUT2D eigenvalue weighted by molar-refractivity contribution is 0.0511. The molecule has 0 unspecified atom stereocenters. The average Bonchev–Trinajstić information content (AvgIpc) is 2.93. The molecule has 2 aromatic heterocycles. The highest BCUT2D eigenvalue weighted by Gasteiger charge is 2.18. The minimum absolute atomic E-state index is 0.143. The summed E-state index contributed by atoms with van der Waals surface area (Å²) < 4.78 is 8.06. The molecule has 0 fully saturated rings. The van der Waals surface area contributed by atoms with Crippen molar-refractivity contribution in [1.29, 1.82) is 0 Å². The van der Waals surface area contributed by atoms with E-state index in [4.69, 9.17) is 4.74 Å². The van der Waals surface area contributed by atoms with E-state index in [1.165, 1.54) is 0 Å². The van der Waals surface area contributed by atoms with Gasteiger partial charge in [0.15, 0.2) is 0 Å². The lowest BCUT2D eigenvalue weighted by Crippen LogP contribution is -2.41. The number of carbonyl (C=O) groups is 1. The van der Waals surface area contributed by atoms with Crippen LogP contribution >= 0.6 is 22.6 Å². The van der Waals surface area contributed by atoms with E-state index in [9.17, 15) is 4.79 Å². The minimum atomic E-state index is -0.522. The second-order valence-electron chi connectivity index (χ2n) is 7.60. The summed E-state index contributed by atoms with van der Waals surface area (Å²) in [7, 11) is 0. The summed E-state index contributed by atoms with van der Waals surface area (Å²) in [6.45, 7) is 12.0. The molecular weight excluding hydrogens is 459 g/mol. The molecule has 0 radical (unpaired) electrons. The Bertz CT molecular complexity index is 784. The molecular formula is C18H27IN6O2. The van der Waals surface area contributed by atoms with Crippen LogP contribution in [0.4, 0.5) is 10.7 Å². The van der Waals surface area contributed by atoms with E-state index >= 15 is 0 Å². The fourth-order valence-corrected chi connectivity index (χ4v) is 2.87. The zero-order valence-electron chi connectivity index (χ0n) is 16.6. The van der Waals surface area contributed by atoms with E-state index in [-0.39, 0.29) is 12.1 Å². The zero-order chi connectivity index (χ0) is 20.2. The third kappa shape index (κ3) is 6.64. The van der Waals surface area contributed by atoms with Crippen molar-refractivity contribution in [2.24, 2.45) is 0 Å². The van der Waals surface area contributed by atoms with Crippen LogP contribution in [0, 0.1) is 3.70 Å². The van der Waals surface area contributed by atoms with Gasteiger partial charge in [-0.1, -0.05) is 0 Å². The molecule has 0 aliphatic heterocycles. The molecule has 2 N–H and O–H groups in total. The molecule has 1 atom stereocenters. The van der Waals surface area contributed by atoms with Gasteiger partial charge in [0, 0.05) is 31.0 Å². The van der Waals surface area contributed by atoms with E-state index in [0.717, 1.165) is 15.0 Å². The van der Waals surface area contributed by atoms with E-state index < -0.39 is 11.7 Å². The fraction of sp³-hybridized carbons (Fsp3) is 0.556. The predicted octanol–water partition coefficient (Wildman–Crippen LogP) is 3.85. The average molecular weight is 486 g/mol. The standard InChI is InChI=1S/C18H27IN6O2/c1-11(2)25-10-13(15(19)24-25)14-7-8-20-16(23-14)21-9-12(3)22-17(26)27-18(4,5)6/h7-8,10-12H,9H2,1-6H3,(H,22,26)(H,20,21,23)/t12-/m0/s1. The Kier molecular flexibility index (Phi) is 7.01. The van der Waals surface area contributed by atoms with Crippen LogP contribution in [-0.4, -0.2) is 44.0 Å². The molecule has 2 rings (SSSR count). The van der Waals surface area contributed by atoms with E-state index in [0.29, 0.717) is 12.5 Å². The first-order valence-corrected chi connectivity index (χ1v) is 9.94. The fourth-order valence-electron chi connectivity index (χ4n) is 2.20. The first-order chi connectivity index (χ1) is 12.5. The van der Waals surface area contributed by atoms with Crippen molar-refractivity contribution in [3.8, 4) is 11.3 Å². The molecule has 8 nitrogen and oxygen atoms in total. The second-order valence-corrected chi connectivity index (χ2v) is 8.62.